The van der Waals surface area contributed by atoms with Gasteiger partial charge in [0.25, 0.3) is 0 Å². The minimum atomic E-state index is -0.933. The van der Waals surface area contributed by atoms with Gasteiger partial charge < -0.3 is 21.3 Å². The van der Waals surface area contributed by atoms with E-state index in [0.717, 1.165) is 18.4 Å². The van der Waals surface area contributed by atoms with Crippen molar-refractivity contribution in [2.24, 2.45) is 11.5 Å². The van der Waals surface area contributed by atoms with Crippen molar-refractivity contribution >= 4 is 11.9 Å². The Bertz CT molecular complexity index is 604. The SMILES string of the molecule is NCCCC[C@H](N)C(=O)O.O=C(Cc1ccccc1)Oc1ccccc1. The zero-order chi connectivity index (χ0) is 19.2. The third kappa shape index (κ3) is 9.56. The molecule has 0 amide bonds. The molecule has 140 valence electrons. The second kappa shape index (κ2) is 12.6. The number of carbonyl (C=O) groups excluding carboxylic acids is 1. The second-order valence-electron chi connectivity index (χ2n) is 5.68. The van der Waals surface area contributed by atoms with E-state index in [2.05, 4.69) is 0 Å². The van der Waals surface area contributed by atoms with Gasteiger partial charge in [0, 0.05) is 0 Å². The summed E-state index contributed by atoms with van der Waals surface area (Å²) in [6, 6.07) is 17.9. The van der Waals surface area contributed by atoms with Gasteiger partial charge in [0.05, 0.1) is 6.42 Å². The van der Waals surface area contributed by atoms with Crippen LogP contribution in [0.25, 0.3) is 0 Å². The molecule has 0 unspecified atom stereocenters. The molecule has 26 heavy (non-hydrogen) atoms. The molecule has 2 aromatic rings. The summed E-state index contributed by atoms with van der Waals surface area (Å²) in [5.41, 5.74) is 11.4. The molecule has 2 aromatic carbocycles. The second-order valence-corrected chi connectivity index (χ2v) is 5.68. The minimum absolute atomic E-state index is 0.239. The number of para-hydroxylation sites is 1. The van der Waals surface area contributed by atoms with E-state index in [1.807, 2.05) is 48.5 Å². The molecule has 0 aliphatic heterocycles. The molecule has 0 saturated carbocycles. The van der Waals surface area contributed by atoms with E-state index < -0.39 is 12.0 Å². The number of hydrogen-bond acceptors (Lipinski definition) is 5. The maximum Gasteiger partial charge on any atom is 0.320 e. The van der Waals surface area contributed by atoms with Gasteiger partial charge in [0.1, 0.15) is 11.8 Å². The Balaban J connectivity index is 0.000000294. The number of nitrogens with two attached hydrogens (primary N) is 2. The zero-order valence-electron chi connectivity index (χ0n) is 14.7. The number of carboxylic acids is 1. The summed E-state index contributed by atoms with van der Waals surface area (Å²) >= 11 is 0. The van der Waals surface area contributed by atoms with Crippen molar-refractivity contribution in [2.45, 2.75) is 31.7 Å². The number of ether oxygens (including phenoxy) is 1. The van der Waals surface area contributed by atoms with E-state index >= 15 is 0 Å². The first-order valence-electron chi connectivity index (χ1n) is 8.51. The Morgan fingerprint density at radius 1 is 0.962 bits per heavy atom. The quantitative estimate of drug-likeness (QED) is 0.379. The molecule has 0 aliphatic rings. The molecule has 0 fully saturated rings. The molecule has 2 rings (SSSR count). The molecule has 6 heteroatoms. The van der Waals surface area contributed by atoms with Crippen LogP contribution in [0.2, 0.25) is 0 Å². The largest absolute Gasteiger partial charge is 0.480 e. The van der Waals surface area contributed by atoms with Gasteiger partial charge in [0.15, 0.2) is 0 Å². The van der Waals surface area contributed by atoms with Gasteiger partial charge in [-0.25, -0.2) is 0 Å². The summed E-state index contributed by atoms with van der Waals surface area (Å²) < 4.78 is 5.18. The van der Waals surface area contributed by atoms with E-state index in [9.17, 15) is 9.59 Å². The van der Waals surface area contributed by atoms with E-state index in [-0.39, 0.29) is 5.97 Å². The highest BCUT2D eigenvalue weighted by molar-refractivity contribution is 5.75. The lowest BCUT2D eigenvalue weighted by molar-refractivity contribution is -0.138. The van der Waals surface area contributed by atoms with Crippen LogP contribution in [0.15, 0.2) is 60.7 Å². The number of esters is 1. The van der Waals surface area contributed by atoms with Crippen LogP contribution in [0.1, 0.15) is 24.8 Å². The molecule has 5 N–H and O–H groups in total. The van der Waals surface area contributed by atoms with E-state index in [1.165, 1.54) is 0 Å². The highest BCUT2D eigenvalue weighted by atomic mass is 16.5. The number of hydrogen-bond donors (Lipinski definition) is 3. The smallest absolute Gasteiger partial charge is 0.320 e. The van der Waals surface area contributed by atoms with Crippen LogP contribution < -0.4 is 16.2 Å². The monoisotopic (exact) mass is 358 g/mol. The predicted molar refractivity (Wildman–Crippen MR) is 101 cm³/mol. The van der Waals surface area contributed by atoms with E-state index in [1.54, 1.807) is 12.1 Å². The number of carboxylic acid groups (broad SMARTS) is 1. The zero-order valence-corrected chi connectivity index (χ0v) is 14.7. The fourth-order valence-electron chi connectivity index (χ4n) is 2.05. The summed E-state index contributed by atoms with van der Waals surface area (Å²) in [5.74, 6) is -0.585. The lowest BCUT2D eigenvalue weighted by Gasteiger charge is -2.03. The fourth-order valence-corrected chi connectivity index (χ4v) is 2.05. The number of unbranched alkanes of at least 4 members (excludes halogenated alkanes) is 1. The summed E-state index contributed by atoms with van der Waals surface area (Å²) in [5, 5.41) is 8.33. The molecule has 0 bridgehead atoms. The summed E-state index contributed by atoms with van der Waals surface area (Å²) in [6.07, 6.45) is 2.47. The van der Waals surface area contributed by atoms with Crippen LogP contribution in [0.5, 0.6) is 5.75 Å². The van der Waals surface area contributed by atoms with Gasteiger partial charge in [-0.3, -0.25) is 9.59 Å². The van der Waals surface area contributed by atoms with Crippen LogP contribution in [-0.2, 0) is 16.0 Å². The number of benzene rings is 2. The van der Waals surface area contributed by atoms with Crippen LogP contribution in [0.3, 0.4) is 0 Å². The molecule has 0 spiro atoms. The molecule has 0 saturated heterocycles. The number of rotatable bonds is 8. The standard InChI is InChI=1S/C14H12O2.C6H14N2O2/c15-14(11-12-7-3-1-4-8-12)16-13-9-5-2-6-10-13;7-4-2-1-3-5(8)6(9)10/h1-10H,11H2;5H,1-4,7-8H2,(H,9,10)/t;5-/m.0/s1. The van der Waals surface area contributed by atoms with Gasteiger partial charge in [-0.05, 0) is 37.1 Å². The van der Waals surface area contributed by atoms with Crippen LogP contribution in [-0.4, -0.2) is 29.6 Å². The van der Waals surface area contributed by atoms with E-state index in [4.69, 9.17) is 21.3 Å². The maximum atomic E-state index is 11.6. The molecule has 0 radical (unpaired) electrons. The number of aliphatic carboxylic acids is 1. The van der Waals surface area contributed by atoms with Crippen molar-refractivity contribution in [1.82, 2.24) is 0 Å². The molecule has 6 nitrogen and oxygen atoms in total. The highest BCUT2D eigenvalue weighted by Crippen LogP contribution is 2.10. The molecule has 0 aromatic heterocycles. The Labute approximate surface area is 153 Å². The first kappa shape index (κ1) is 21.3. The number of carbonyl (C=O) groups is 2. The fraction of sp³-hybridized carbons (Fsp3) is 0.300. The van der Waals surface area contributed by atoms with Crippen molar-refractivity contribution in [3.63, 3.8) is 0 Å². The van der Waals surface area contributed by atoms with Crippen molar-refractivity contribution in [3.8, 4) is 5.75 Å². The highest BCUT2D eigenvalue weighted by Gasteiger charge is 2.09. The van der Waals surface area contributed by atoms with Gasteiger partial charge in [-0.1, -0.05) is 55.0 Å². The Morgan fingerprint density at radius 2 is 1.54 bits per heavy atom. The van der Waals surface area contributed by atoms with Crippen molar-refractivity contribution < 1.29 is 19.4 Å². The average Bonchev–Trinajstić information content (AvgIpc) is 2.64. The first-order chi connectivity index (χ1) is 12.5. The van der Waals surface area contributed by atoms with Crippen molar-refractivity contribution in [3.05, 3.63) is 66.2 Å². The van der Waals surface area contributed by atoms with Gasteiger partial charge >= 0.3 is 11.9 Å². The third-order valence-electron chi connectivity index (χ3n) is 3.45. The Hall–Kier alpha value is -2.70. The topological polar surface area (TPSA) is 116 Å². The Kier molecular flexibility index (Phi) is 10.4. The lowest BCUT2D eigenvalue weighted by Crippen LogP contribution is -2.29. The summed E-state index contributed by atoms with van der Waals surface area (Å²) in [7, 11) is 0. The average molecular weight is 358 g/mol. The first-order valence-corrected chi connectivity index (χ1v) is 8.51. The van der Waals surface area contributed by atoms with Crippen molar-refractivity contribution in [1.29, 1.82) is 0 Å². The Morgan fingerprint density at radius 3 is 2.08 bits per heavy atom. The molecular formula is C20H26N2O4. The normalized spacial score (nSPS) is 11.0. The molecule has 0 heterocycles. The summed E-state index contributed by atoms with van der Waals surface area (Å²) in [4.78, 5) is 21.7. The molecule has 1 atom stereocenters. The van der Waals surface area contributed by atoms with Crippen LogP contribution in [0, 0.1) is 0 Å². The maximum absolute atomic E-state index is 11.6. The van der Waals surface area contributed by atoms with Gasteiger partial charge in [-0.2, -0.15) is 0 Å². The lowest BCUT2D eigenvalue weighted by atomic mass is 10.1. The van der Waals surface area contributed by atoms with Crippen LogP contribution in [0.4, 0.5) is 0 Å². The van der Waals surface area contributed by atoms with E-state index in [0.29, 0.717) is 25.1 Å². The molecule has 0 aliphatic carbocycles. The van der Waals surface area contributed by atoms with Gasteiger partial charge in [0.2, 0.25) is 0 Å². The minimum Gasteiger partial charge on any atom is -0.480 e. The predicted octanol–water partition coefficient (Wildman–Crippen LogP) is 2.36. The van der Waals surface area contributed by atoms with Crippen molar-refractivity contribution in [2.75, 3.05) is 6.54 Å². The van der Waals surface area contributed by atoms with Crippen LogP contribution >= 0.6 is 0 Å². The molecular weight excluding hydrogens is 332 g/mol. The summed E-state index contributed by atoms with van der Waals surface area (Å²) in [6.45, 7) is 0.604. The third-order valence-corrected chi connectivity index (χ3v) is 3.45. The van der Waals surface area contributed by atoms with Gasteiger partial charge in [-0.15, -0.1) is 0 Å².